The van der Waals surface area contributed by atoms with Gasteiger partial charge in [0.2, 0.25) is 0 Å². The number of amides is 2. The lowest BCUT2D eigenvalue weighted by atomic mass is 10.1. The third-order valence-corrected chi connectivity index (χ3v) is 5.91. The Kier molecular flexibility index (Phi) is 10.1. The second-order valence-electron chi connectivity index (χ2n) is 7.94. The van der Waals surface area contributed by atoms with Crippen LogP contribution in [0.15, 0.2) is 71.8 Å². The molecular formula is C28H28ClN5O3. The Morgan fingerprint density at radius 1 is 1.08 bits per heavy atom. The number of halogens is 1. The Bertz CT molecular complexity index is 1300. The van der Waals surface area contributed by atoms with E-state index in [0.29, 0.717) is 27.5 Å². The number of anilines is 1. The minimum atomic E-state index is -0.489. The van der Waals surface area contributed by atoms with E-state index in [1.54, 1.807) is 0 Å². The molecule has 0 spiro atoms. The third-order valence-electron chi connectivity index (χ3n) is 5.55. The fourth-order valence-corrected chi connectivity index (χ4v) is 3.67. The van der Waals surface area contributed by atoms with Gasteiger partial charge in [0.05, 0.1) is 24.4 Å². The van der Waals surface area contributed by atoms with Crippen LogP contribution in [-0.2, 0) is 11.4 Å². The van der Waals surface area contributed by atoms with Gasteiger partial charge in [0.1, 0.15) is 12.4 Å². The molecule has 190 valence electrons. The molecule has 0 aromatic heterocycles. The van der Waals surface area contributed by atoms with E-state index in [2.05, 4.69) is 34.6 Å². The molecule has 2 N–H and O–H groups in total. The molecular weight excluding hydrogens is 490 g/mol. The van der Waals surface area contributed by atoms with Gasteiger partial charge >= 0.3 is 0 Å². The molecule has 3 aromatic rings. The van der Waals surface area contributed by atoms with E-state index in [4.69, 9.17) is 21.6 Å². The first-order chi connectivity index (χ1) is 17.9. The smallest absolute Gasteiger partial charge is 0.259 e. The van der Waals surface area contributed by atoms with Gasteiger partial charge in [-0.3, -0.25) is 9.59 Å². The largest absolute Gasteiger partial charge is 0.488 e. The molecule has 0 aliphatic carbocycles. The zero-order valence-corrected chi connectivity index (χ0v) is 21.5. The number of ether oxygens (including phenoxy) is 1. The van der Waals surface area contributed by atoms with Gasteiger partial charge in [-0.1, -0.05) is 29.8 Å². The van der Waals surface area contributed by atoms with E-state index >= 15 is 0 Å². The summed E-state index contributed by atoms with van der Waals surface area (Å²) in [5, 5.41) is 16.0. The van der Waals surface area contributed by atoms with Crippen molar-refractivity contribution in [1.82, 2.24) is 10.7 Å². The molecule has 9 heteroatoms. The van der Waals surface area contributed by atoms with Gasteiger partial charge in [-0.05, 0) is 56.3 Å². The number of hydrogen-bond donors (Lipinski definition) is 2. The molecule has 37 heavy (non-hydrogen) atoms. The molecule has 0 atom stereocenters. The number of hydrogen-bond acceptors (Lipinski definition) is 6. The molecule has 0 heterocycles. The molecule has 0 saturated heterocycles. The van der Waals surface area contributed by atoms with Gasteiger partial charge in [0, 0.05) is 46.6 Å². The van der Waals surface area contributed by atoms with Crippen LogP contribution in [0.5, 0.6) is 5.75 Å². The van der Waals surface area contributed by atoms with Crippen LogP contribution in [0.4, 0.5) is 5.69 Å². The van der Waals surface area contributed by atoms with E-state index in [1.807, 2.05) is 48.5 Å². The second-order valence-corrected chi connectivity index (χ2v) is 8.35. The SMILES string of the molecule is CCN(CC)c1ccc(/C=N/NC(=O)CNC(=O)c2ccc(C#N)cc2)c(OCc2ccccc2Cl)c1. The first-order valence-electron chi connectivity index (χ1n) is 11.8. The van der Waals surface area contributed by atoms with Crippen LogP contribution in [-0.4, -0.2) is 37.7 Å². The van der Waals surface area contributed by atoms with Crippen LogP contribution in [0.3, 0.4) is 0 Å². The molecule has 0 bridgehead atoms. The van der Waals surface area contributed by atoms with Gasteiger partial charge in [-0.15, -0.1) is 0 Å². The summed E-state index contributed by atoms with van der Waals surface area (Å²) in [7, 11) is 0. The summed E-state index contributed by atoms with van der Waals surface area (Å²) in [5.41, 5.74) is 5.74. The van der Waals surface area contributed by atoms with Crippen LogP contribution in [0, 0.1) is 11.3 Å². The molecule has 0 radical (unpaired) electrons. The predicted molar refractivity (Wildman–Crippen MR) is 145 cm³/mol. The number of hydrazone groups is 1. The molecule has 0 aliphatic rings. The van der Waals surface area contributed by atoms with E-state index in [9.17, 15) is 9.59 Å². The molecule has 0 saturated carbocycles. The predicted octanol–water partition coefficient (Wildman–Crippen LogP) is 4.52. The van der Waals surface area contributed by atoms with E-state index in [0.717, 1.165) is 24.3 Å². The van der Waals surface area contributed by atoms with Crippen molar-refractivity contribution in [2.75, 3.05) is 24.5 Å². The van der Waals surface area contributed by atoms with Crippen LogP contribution < -0.4 is 20.4 Å². The Labute approximate surface area is 221 Å². The van der Waals surface area contributed by atoms with Crippen molar-refractivity contribution in [1.29, 1.82) is 5.26 Å². The topological polar surface area (TPSA) is 107 Å². The molecule has 0 aliphatic heterocycles. The number of benzene rings is 3. The van der Waals surface area contributed by atoms with Crippen LogP contribution in [0.2, 0.25) is 5.02 Å². The van der Waals surface area contributed by atoms with Gasteiger partial charge in [-0.2, -0.15) is 10.4 Å². The second kappa shape index (κ2) is 13.7. The molecule has 0 fully saturated rings. The van der Waals surface area contributed by atoms with Crippen molar-refractivity contribution in [2.45, 2.75) is 20.5 Å². The highest BCUT2D eigenvalue weighted by Gasteiger charge is 2.11. The Balaban J connectivity index is 1.64. The number of carbonyl (C=O) groups excluding carboxylic acids is 2. The van der Waals surface area contributed by atoms with Crippen LogP contribution in [0.25, 0.3) is 0 Å². The van der Waals surface area contributed by atoms with Crippen LogP contribution >= 0.6 is 11.6 Å². The summed E-state index contributed by atoms with van der Waals surface area (Å²) in [6.45, 7) is 5.87. The highest BCUT2D eigenvalue weighted by molar-refractivity contribution is 6.31. The lowest BCUT2D eigenvalue weighted by Gasteiger charge is -2.22. The average molecular weight is 518 g/mol. The maximum Gasteiger partial charge on any atom is 0.259 e. The molecule has 0 unspecified atom stereocenters. The minimum Gasteiger partial charge on any atom is -0.488 e. The summed E-state index contributed by atoms with van der Waals surface area (Å²) >= 11 is 6.28. The van der Waals surface area contributed by atoms with Gasteiger partial charge in [-0.25, -0.2) is 5.43 Å². The van der Waals surface area contributed by atoms with Crippen molar-refractivity contribution < 1.29 is 14.3 Å². The summed E-state index contributed by atoms with van der Waals surface area (Å²) < 4.78 is 6.09. The van der Waals surface area contributed by atoms with Crippen molar-refractivity contribution in [3.63, 3.8) is 0 Å². The van der Waals surface area contributed by atoms with E-state index in [1.165, 1.54) is 30.5 Å². The normalized spacial score (nSPS) is 10.5. The quantitative estimate of drug-likeness (QED) is 0.287. The Hall–Kier alpha value is -4.35. The number of nitrogens with one attached hydrogen (secondary N) is 2. The maximum absolute atomic E-state index is 12.2. The van der Waals surface area contributed by atoms with Gasteiger partial charge in [0.15, 0.2) is 0 Å². The zero-order valence-electron chi connectivity index (χ0n) is 20.7. The summed E-state index contributed by atoms with van der Waals surface area (Å²) in [5.74, 6) is -0.321. The zero-order chi connectivity index (χ0) is 26.6. The molecule has 3 rings (SSSR count). The van der Waals surface area contributed by atoms with E-state index in [-0.39, 0.29) is 13.2 Å². The maximum atomic E-state index is 12.2. The lowest BCUT2D eigenvalue weighted by molar-refractivity contribution is -0.120. The van der Waals surface area contributed by atoms with Gasteiger partial charge < -0.3 is 15.0 Å². The molecule has 8 nitrogen and oxygen atoms in total. The number of carbonyl (C=O) groups is 2. The average Bonchev–Trinajstić information content (AvgIpc) is 2.92. The Morgan fingerprint density at radius 2 is 1.81 bits per heavy atom. The lowest BCUT2D eigenvalue weighted by Crippen LogP contribution is -2.34. The molecule has 2 amide bonds. The standard InChI is InChI=1S/C28H28ClN5O3/c1-3-34(4-2)24-14-13-22(26(15-24)37-19-23-7-5-6-8-25(23)29)17-32-33-27(35)18-31-28(36)21-11-9-20(16-30)10-12-21/h5-15,17H,3-4,18-19H2,1-2H3,(H,31,36)(H,33,35)/b32-17+. The summed E-state index contributed by atoms with van der Waals surface area (Å²) in [6, 6.07) is 21.4. The fourth-order valence-electron chi connectivity index (χ4n) is 3.48. The summed E-state index contributed by atoms with van der Waals surface area (Å²) in [4.78, 5) is 26.6. The van der Waals surface area contributed by atoms with Crippen molar-refractivity contribution >= 4 is 35.3 Å². The number of rotatable bonds is 11. The summed E-state index contributed by atoms with van der Waals surface area (Å²) in [6.07, 6.45) is 1.49. The van der Waals surface area contributed by atoms with Crippen LogP contribution in [0.1, 0.15) is 40.9 Å². The molecule has 3 aromatic carbocycles. The highest BCUT2D eigenvalue weighted by Crippen LogP contribution is 2.27. The number of nitrogens with zero attached hydrogens (tertiary/aromatic N) is 3. The Morgan fingerprint density at radius 3 is 2.49 bits per heavy atom. The fraction of sp³-hybridized carbons (Fsp3) is 0.214. The first-order valence-corrected chi connectivity index (χ1v) is 12.2. The van der Waals surface area contributed by atoms with Gasteiger partial charge in [0.25, 0.3) is 11.8 Å². The van der Waals surface area contributed by atoms with E-state index < -0.39 is 11.8 Å². The highest BCUT2D eigenvalue weighted by atomic mass is 35.5. The monoisotopic (exact) mass is 517 g/mol. The minimum absolute atomic E-state index is 0.257. The van der Waals surface area contributed by atoms with Crippen molar-refractivity contribution in [3.05, 3.63) is 94.0 Å². The van der Waals surface area contributed by atoms with Crippen molar-refractivity contribution in [3.8, 4) is 11.8 Å². The first kappa shape index (κ1) is 27.2. The number of nitriles is 1. The third kappa shape index (κ3) is 7.82. The van der Waals surface area contributed by atoms with Crippen molar-refractivity contribution in [2.24, 2.45) is 5.10 Å².